The van der Waals surface area contributed by atoms with Crippen LogP contribution in [0, 0.1) is 0 Å². The highest BCUT2D eigenvalue weighted by Crippen LogP contribution is 2.49. The molecule has 0 bridgehead atoms. The predicted octanol–water partition coefficient (Wildman–Crippen LogP) is -0.668. The van der Waals surface area contributed by atoms with Crippen LogP contribution >= 0.6 is 0 Å². The Hall–Kier alpha value is -3.23. The summed E-state index contributed by atoms with van der Waals surface area (Å²) in [5, 5.41) is 62.9. The molecule has 6 N–H and O–H groups in total. The van der Waals surface area contributed by atoms with Gasteiger partial charge >= 0.3 is 0 Å². The first-order valence-electron chi connectivity index (χ1n) is 11.3. The van der Waals surface area contributed by atoms with Crippen LogP contribution in [-0.2, 0) is 14.2 Å². The van der Waals surface area contributed by atoms with Crippen molar-refractivity contribution in [2.24, 2.45) is 0 Å². The Bertz CT molecular complexity index is 1330. The van der Waals surface area contributed by atoms with Gasteiger partial charge in [-0.1, -0.05) is 12.1 Å². The number of Topliss-reactive ketones (excluding diaryl/α,β-unsaturated/α-hetero) is 1. The summed E-state index contributed by atoms with van der Waals surface area (Å²) in [6.07, 6.45) is -9.50. The predicted molar refractivity (Wildman–Crippen MR) is 120 cm³/mol. The van der Waals surface area contributed by atoms with Gasteiger partial charge in [0.2, 0.25) is 5.78 Å². The van der Waals surface area contributed by atoms with E-state index in [-0.39, 0.29) is 27.8 Å². The maximum absolute atomic E-state index is 13.4. The molecule has 2 aromatic carbocycles. The van der Waals surface area contributed by atoms with Crippen molar-refractivity contribution in [3.8, 4) is 11.5 Å². The lowest BCUT2D eigenvalue weighted by molar-refractivity contribution is -0.298. The number of hydrogen-bond acceptors (Lipinski definition) is 12. The number of phenols is 2. The van der Waals surface area contributed by atoms with Gasteiger partial charge in [0.1, 0.15) is 42.0 Å². The second kappa shape index (κ2) is 8.67. The highest BCUT2D eigenvalue weighted by Gasteiger charge is 2.55. The number of methoxy groups -OCH3 is 1. The molecular formula is C25H24O12. The van der Waals surface area contributed by atoms with E-state index in [4.69, 9.17) is 14.2 Å². The molecular weight excluding hydrogens is 492 g/mol. The van der Waals surface area contributed by atoms with Crippen molar-refractivity contribution in [1.82, 2.24) is 0 Å². The number of ketones is 3. The molecule has 0 saturated carbocycles. The number of phenolic OH excluding ortho intramolecular Hbond substituents is 2. The number of fused-ring (bicyclic) bond motifs is 3. The van der Waals surface area contributed by atoms with Crippen molar-refractivity contribution in [3.05, 3.63) is 57.6 Å². The molecule has 0 spiro atoms. The highest BCUT2D eigenvalue weighted by molar-refractivity contribution is 6.31. The molecule has 5 rings (SSSR count). The Morgan fingerprint density at radius 1 is 0.973 bits per heavy atom. The third kappa shape index (κ3) is 3.53. The zero-order chi connectivity index (χ0) is 27.0. The fraction of sp³-hybridized carbons (Fsp3) is 0.400. The number of ether oxygens (including phenoxy) is 3. The molecule has 3 aliphatic rings. The summed E-state index contributed by atoms with van der Waals surface area (Å²) in [4.78, 5) is 39.9. The summed E-state index contributed by atoms with van der Waals surface area (Å²) in [7, 11) is 1.16. The fourth-order valence-electron chi connectivity index (χ4n) is 5.19. The van der Waals surface area contributed by atoms with Crippen molar-refractivity contribution in [3.63, 3.8) is 0 Å². The van der Waals surface area contributed by atoms with E-state index in [1.54, 1.807) is 0 Å². The molecule has 0 amide bonds. The zero-order valence-electron chi connectivity index (χ0n) is 19.6. The SMILES string of the molecule is CO[C@H]1[C@H](O[C@@H]2OC[C@@H](O)[C@@H](O)[C@H]2O)c2c(cc3c(c2O)C(=O)c2c(O)cccc2C3=O)C(=O)[C@@]1(C)O. The summed E-state index contributed by atoms with van der Waals surface area (Å²) >= 11 is 0. The van der Waals surface area contributed by atoms with Crippen LogP contribution in [0.25, 0.3) is 0 Å². The van der Waals surface area contributed by atoms with Crippen LogP contribution < -0.4 is 0 Å². The Kier molecular flexibility index (Phi) is 5.96. The molecule has 1 heterocycles. The lowest BCUT2D eigenvalue weighted by atomic mass is 9.72. The van der Waals surface area contributed by atoms with Crippen molar-refractivity contribution in [2.45, 2.75) is 49.3 Å². The van der Waals surface area contributed by atoms with Crippen LogP contribution in [0.15, 0.2) is 24.3 Å². The minimum absolute atomic E-state index is 0.124. The van der Waals surface area contributed by atoms with E-state index in [0.29, 0.717) is 0 Å². The first-order chi connectivity index (χ1) is 17.4. The minimum atomic E-state index is -2.26. The molecule has 12 heteroatoms. The Balaban J connectivity index is 1.71. The molecule has 1 aliphatic heterocycles. The molecule has 1 fully saturated rings. The second-order valence-electron chi connectivity index (χ2n) is 9.41. The molecule has 2 aliphatic carbocycles. The lowest BCUT2D eigenvalue weighted by Gasteiger charge is -2.44. The van der Waals surface area contributed by atoms with Crippen LogP contribution in [0.5, 0.6) is 11.5 Å². The van der Waals surface area contributed by atoms with Gasteiger partial charge in [0, 0.05) is 29.4 Å². The van der Waals surface area contributed by atoms with Gasteiger partial charge in [-0.2, -0.15) is 0 Å². The smallest absolute Gasteiger partial charge is 0.201 e. The molecule has 0 aromatic heterocycles. The van der Waals surface area contributed by atoms with E-state index >= 15 is 0 Å². The number of benzene rings is 2. The standard InChI is InChI=1S/C25H24O12/c1-25(34)22(33)10-6-9-14(18(30)13-8(16(9)28)4-3-5-11(13)26)19(31)15(10)21(23(25)35-2)37-24-20(32)17(29)12(27)7-36-24/h3-6,12,17,20-21,23-24,26-27,29,31-32,34H,7H2,1-2H3/t12-,17-,20-,21-,23+,24+,25-/m1/s1. The van der Waals surface area contributed by atoms with E-state index in [0.717, 1.165) is 20.1 Å². The number of carbonyl (C=O) groups is 3. The second-order valence-corrected chi connectivity index (χ2v) is 9.41. The third-order valence-corrected chi connectivity index (χ3v) is 7.13. The minimum Gasteiger partial charge on any atom is -0.507 e. The number of aliphatic hydroxyl groups excluding tert-OH is 3. The number of hydrogen-bond donors (Lipinski definition) is 6. The van der Waals surface area contributed by atoms with Crippen LogP contribution in [0.4, 0.5) is 0 Å². The van der Waals surface area contributed by atoms with Gasteiger partial charge in [-0.3, -0.25) is 14.4 Å². The zero-order valence-corrected chi connectivity index (χ0v) is 19.6. The van der Waals surface area contributed by atoms with Gasteiger partial charge in [-0.05, 0) is 19.1 Å². The highest BCUT2D eigenvalue weighted by atomic mass is 16.7. The van der Waals surface area contributed by atoms with E-state index in [1.807, 2.05) is 0 Å². The van der Waals surface area contributed by atoms with Crippen LogP contribution in [0.3, 0.4) is 0 Å². The summed E-state index contributed by atoms with van der Waals surface area (Å²) in [5.41, 5.74) is -4.17. The van der Waals surface area contributed by atoms with E-state index in [9.17, 15) is 45.0 Å². The topological polar surface area (TPSA) is 200 Å². The Morgan fingerprint density at radius 3 is 2.35 bits per heavy atom. The quantitative estimate of drug-likeness (QED) is 0.257. The largest absolute Gasteiger partial charge is 0.507 e. The number of rotatable bonds is 3. The lowest BCUT2D eigenvalue weighted by Crippen LogP contribution is -2.58. The molecule has 196 valence electrons. The normalized spacial score (nSPS) is 33.1. The Morgan fingerprint density at radius 2 is 1.68 bits per heavy atom. The summed E-state index contributed by atoms with van der Waals surface area (Å²) < 4.78 is 16.5. The van der Waals surface area contributed by atoms with Gasteiger partial charge in [0.15, 0.2) is 23.5 Å². The number of carbonyl (C=O) groups excluding carboxylic acids is 3. The first kappa shape index (κ1) is 25.4. The summed E-state index contributed by atoms with van der Waals surface area (Å²) in [5.74, 6) is -3.85. The molecule has 1 saturated heterocycles. The van der Waals surface area contributed by atoms with Gasteiger partial charge in [0.05, 0.1) is 17.7 Å². The number of aliphatic hydroxyl groups is 4. The van der Waals surface area contributed by atoms with Crippen LogP contribution in [-0.4, -0.2) is 98.0 Å². The Labute approximate surface area is 209 Å². The van der Waals surface area contributed by atoms with E-state index in [2.05, 4.69) is 0 Å². The van der Waals surface area contributed by atoms with Crippen LogP contribution in [0.1, 0.15) is 60.8 Å². The van der Waals surface area contributed by atoms with E-state index < -0.39 is 83.4 Å². The maximum Gasteiger partial charge on any atom is 0.201 e. The summed E-state index contributed by atoms with van der Waals surface area (Å²) in [6.45, 7) is 0.713. The molecule has 7 atom stereocenters. The molecule has 2 aromatic rings. The molecule has 12 nitrogen and oxygen atoms in total. The van der Waals surface area contributed by atoms with Crippen molar-refractivity contribution < 1.29 is 59.2 Å². The van der Waals surface area contributed by atoms with Crippen LogP contribution in [0.2, 0.25) is 0 Å². The van der Waals surface area contributed by atoms with E-state index in [1.165, 1.54) is 18.2 Å². The fourth-order valence-corrected chi connectivity index (χ4v) is 5.19. The van der Waals surface area contributed by atoms with Crippen molar-refractivity contribution in [2.75, 3.05) is 13.7 Å². The molecule has 0 radical (unpaired) electrons. The first-order valence-corrected chi connectivity index (χ1v) is 11.3. The van der Waals surface area contributed by atoms with Crippen molar-refractivity contribution in [1.29, 1.82) is 0 Å². The number of aromatic hydroxyl groups is 2. The summed E-state index contributed by atoms with van der Waals surface area (Å²) in [6, 6.07) is 4.96. The van der Waals surface area contributed by atoms with Gasteiger partial charge in [-0.25, -0.2) is 0 Å². The van der Waals surface area contributed by atoms with Gasteiger partial charge in [-0.15, -0.1) is 0 Å². The molecule has 0 unspecified atom stereocenters. The average Bonchev–Trinajstić information content (AvgIpc) is 2.85. The third-order valence-electron chi connectivity index (χ3n) is 7.13. The molecule has 37 heavy (non-hydrogen) atoms. The van der Waals surface area contributed by atoms with Crippen molar-refractivity contribution >= 4 is 17.3 Å². The average molecular weight is 516 g/mol. The van der Waals surface area contributed by atoms with Gasteiger partial charge in [0.25, 0.3) is 0 Å². The van der Waals surface area contributed by atoms with Gasteiger partial charge < -0.3 is 44.8 Å². The maximum atomic E-state index is 13.4. The monoisotopic (exact) mass is 516 g/mol.